The average Bonchev–Trinajstić information content (AvgIpc) is 2.60. The molecule has 0 spiro atoms. The lowest BCUT2D eigenvalue weighted by Gasteiger charge is -2.37. The summed E-state index contributed by atoms with van der Waals surface area (Å²) in [5.74, 6) is 0.913. The number of pyridine rings is 1. The van der Waals surface area contributed by atoms with Crippen LogP contribution in [0.2, 0.25) is 0 Å². The number of piperidine rings is 1. The second-order valence-corrected chi connectivity index (χ2v) is 8.23. The quantitative estimate of drug-likeness (QED) is 0.848. The Hall–Kier alpha value is -2.34. The van der Waals surface area contributed by atoms with E-state index >= 15 is 0 Å². The molecular weight excluding hydrogens is 342 g/mol. The van der Waals surface area contributed by atoms with Gasteiger partial charge in [-0.2, -0.15) is 0 Å². The van der Waals surface area contributed by atoms with Crippen LogP contribution in [-0.2, 0) is 0 Å². The van der Waals surface area contributed by atoms with Gasteiger partial charge in [0.25, 0.3) is 5.91 Å². The van der Waals surface area contributed by atoms with Crippen LogP contribution >= 0.6 is 0 Å². The highest BCUT2D eigenvalue weighted by molar-refractivity contribution is 5.98. The summed E-state index contributed by atoms with van der Waals surface area (Å²) in [6.45, 7) is 9.14. The summed E-state index contributed by atoms with van der Waals surface area (Å²) in [7, 11) is 1.55. The maximum atomic E-state index is 12.8. The second-order valence-electron chi connectivity index (χ2n) is 8.23. The molecular formula is C21H29N3O3. The van der Waals surface area contributed by atoms with Crippen LogP contribution in [0.25, 0.3) is 10.9 Å². The largest absolute Gasteiger partial charge is 0.495 e. The molecule has 146 valence electrons. The van der Waals surface area contributed by atoms with E-state index in [9.17, 15) is 9.59 Å². The summed E-state index contributed by atoms with van der Waals surface area (Å²) in [5, 5.41) is 3.49. The van der Waals surface area contributed by atoms with Crippen LogP contribution in [-0.4, -0.2) is 48.1 Å². The van der Waals surface area contributed by atoms with Crippen LogP contribution < -0.4 is 15.5 Å². The molecule has 3 rings (SSSR count). The fraction of sp³-hybridized carbons (Fsp3) is 0.524. The zero-order valence-corrected chi connectivity index (χ0v) is 16.6. The van der Waals surface area contributed by atoms with E-state index < -0.39 is 5.54 Å². The third-order valence-corrected chi connectivity index (χ3v) is 5.15. The van der Waals surface area contributed by atoms with Gasteiger partial charge in [-0.25, -0.2) is 0 Å². The Kier molecular flexibility index (Phi) is 5.56. The highest BCUT2D eigenvalue weighted by Gasteiger charge is 2.27. The number of aromatic nitrogens is 1. The molecule has 1 atom stereocenters. The molecule has 6 heteroatoms. The number of methoxy groups -OCH3 is 1. The molecule has 2 N–H and O–H groups in total. The third-order valence-electron chi connectivity index (χ3n) is 5.15. The Labute approximate surface area is 159 Å². The van der Waals surface area contributed by atoms with Crippen LogP contribution in [0.4, 0.5) is 0 Å². The van der Waals surface area contributed by atoms with Crippen molar-refractivity contribution in [3.8, 4) is 5.75 Å². The lowest BCUT2D eigenvalue weighted by atomic mass is 9.97. The fourth-order valence-corrected chi connectivity index (χ4v) is 3.97. The van der Waals surface area contributed by atoms with Crippen molar-refractivity contribution in [2.75, 3.05) is 26.7 Å². The Morgan fingerprint density at radius 2 is 2.19 bits per heavy atom. The first kappa shape index (κ1) is 19.4. The number of hydrogen-bond donors (Lipinski definition) is 2. The minimum atomic E-state index is -0.427. The van der Waals surface area contributed by atoms with Gasteiger partial charge in [0.05, 0.1) is 18.0 Å². The molecule has 6 nitrogen and oxygen atoms in total. The van der Waals surface area contributed by atoms with E-state index in [0.29, 0.717) is 22.6 Å². The number of nitrogens with one attached hydrogen (secondary N) is 2. The number of hydrogen-bond acceptors (Lipinski definition) is 4. The third kappa shape index (κ3) is 4.33. The number of rotatable bonds is 5. The van der Waals surface area contributed by atoms with Gasteiger partial charge in [-0.1, -0.05) is 13.0 Å². The fourth-order valence-electron chi connectivity index (χ4n) is 3.97. The number of likely N-dealkylation sites (tertiary alicyclic amines) is 1. The van der Waals surface area contributed by atoms with Gasteiger partial charge in [-0.15, -0.1) is 0 Å². The van der Waals surface area contributed by atoms with Crippen molar-refractivity contribution in [2.24, 2.45) is 5.92 Å². The summed E-state index contributed by atoms with van der Waals surface area (Å²) in [6, 6.07) is 5.23. The molecule has 1 unspecified atom stereocenters. The minimum Gasteiger partial charge on any atom is -0.495 e. The molecule has 0 aliphatic carbocycles. The van der Waals surface area contributed by atoms with Crippen molar-refractivity contribution in [1.29, 1.82) is 0 Å². The monoisotopic (exact) mass is 371 g/mol. The summed E-state index contributed by atoms with van der Waals surface area (Å²) < 4.78 is 5.28. The van der Waals surface area contributed by atoms with Crippen LogP contribution in [0.1, 0.15) is 44.0 Å². The number of para-hydroxylation sites is 1. The van der Waals surface area contributed by atoms with Gasteiger partial charge in [0.15, 0.2) is 0 Å². The second kappa shape index (κ2) is 7.72. The molecule has 27 heavy (non-hydrogen) atoms. The maximum absolute atomic E-state index is 12.8. The molecule has 1 aromatic heterocycles. The zero-order chi connectivity index (χ0) is 19.6. The maximum Gasteiger partial charge on any atom is 0.257 e. The molecule has 1 fully saturated rings. The number of nitrogens with zero attached hydrogens (tertiary/aromatic N) is 1. The van der Waals surface area contributed by atoms with Gasteiger partial charge in [-0.3, -0.25) is 9.59 Å². The Balaban J connectivity index is 1.79. The molecule has 1 aromatic carbocycles. The van der Waals surface area contributed by atoms with E-state index in [2.05, 4.69) is 22.1 Å². The van der Waals surface area contributed by atoms with Crippen LogP contribution in [0.3, 0.4) is 0 Å². The molecule has 0 bridgehead atoms. The molecule has 2 aromatic rings. The molecule has 0 radical (unpaired) electrons. The number of fused-ring (bicyclic) bond motifs is 1. The van der Waals surface area contributed by atoms with Crippen LogP contribution in [0, 0.1) is 5.92 Å². The van der Waals surface area contributed by atoms with Gasteiger partial charge >= 0.3 is 0 Å². The van der Waals surface area contributed by atoms with E-state index in [-0.39, 0.29) is 16.9 Å². The molecule has 2 heterocycles. The number of benzene rings is 1. The van der Waals surface area contributed by atoms with Crippen molar-refractivity contribution in [3.05, 3.63) is 40.2 Å². The van der Waals surface area contributed by atoms with Crippen LogP contribution in [0.5, 0.6) is 5.75 Å². The topological polar surface area (TPSA) is 74.4 Å². The minimum absolute atomic E-state index is 0.121. The first-order valence-corrected chi connectivity index (χ1v) is 9.54. The van der Waals surface area contributed by atoms with E-state index in [1.54, 1.807) is 25.3 Å². The van der Waals surface area contributed by atoms with Crippen molar-refractivity contribution in [1.82, 2.24) is 15.2 Å². The number of aromatic amines is 1. The summed E-state index contributed by atoms with van der Waals surface area (Å²) in [6.07, 6.45) is 3.93. The first-order chi connectivity index (χ1) is 12.8. The Morgan fingerprint density at radius 3 is 2.89 bits per heavy atom. The van der Waals surface area contributed by atoms with Crippen molar-refractivity contribution in [3.63, 3.8) is 0 Å². The molecule has 1 aliphatic heterocycles. The number of carbonyl (C=O) groups excluding carboxylic acids is 1. The SMILES string of the molecule is COc1cccc2c(=O)c(C(=O)NC(C)(C)CN3CCCC(C)C3)c[nH]c12. The van der Waals surface area contributed by atoms with E-state index in [1.807, 2.05) is 13.8 Å². The lowest BCUT2D eigenvalue weighted by molar-refractivity contribution is 0.0862. The van der Waals surface area contributed by atoms with Gasteiger partial charge in [0.1, 0.15) is 11.3 Å². The number of carbonyl (C=O) groups is 1. The Morgan fingerprint density at radius 1 is 1.41 bits per heavy atom. The number of H-pyrrole nitrogens is 1. The van der Waals surface area contributed by atoms with Gasteiger partial charge < -0.3 is 19.9 Å². The summed E-state index contributed by atoms with van der Waals surface area (Å²) in [4.78, 5) is 31.0. The van der Waals surface area contributed by atoms with Gasteiger partial charge in [0.2, 0.25) is 5.43 Å². The lowest BCUT2D eigenvalue weighted by Crippen LogP contribution is -2.53. The smallest absolute Gasteiger partial charge is 0.257 e. The molecule has 1 saturated heterocycles. The number of ether oxygens (including phenoxy) is 1. The average molecular weight is 371 g/mol. The van der Waals surface area contributed by atoms with Crippen molar-refractivity contribution in [2.45, 2.75) is 39.2 Å². The van der Waals surface area contributed by atoms with E-state index in [0.717, 1.165) is 19.6 Å². The summed E-state index contributed by atoms with van der Waals surface area (Å²) in [5.41, 5.74) is 0.00528. The Bertz CT molecular complexity index is 888. The highest BCUT2D eigenvalue weighted by Crippen LogP contribution is 2.21. The van der Waals surface area contributed by atoms with Crippen LogP contribution in [0.15, 0.2) is 29.2 Å². The summed E-state index contributed by atoms with van der Waals surface area (Å²) >= 11 is 0. The van der Waals surface area contributed by atoms with Gasteiger partial charge in [0, 0.05) is 24.8 Å². The molecule has 1 aliphatic rings. The zero-order valence-electron chi connectivity index (χ0n) is 16.6. The molecule has 1 amide bonds. The van der Waals surface area contributed by atoms with Gasteiger partial charge in [-0.05, 0) is 51.3 Å². The predicted molar refractivity (Wildman–Crippen MR) is 108 cm³/mol. The van der Waals surface area contributed by atoms with E-state index in [4.69, 9.17) is 4.74 Å². The highest BCUT2D eigenvalue weighted by atomic mass is 16.5. The van der Waals surface area contributed by atoms with Crippen molar-refractivity contribution >= 4 is 16.8 Å². The predicted octanol–water partition coefficient (Wildman–Crippen LogP) is 2.78. The number of amides is 1. The normalized spacial score (nSPS) is 18.4. The molecule has 0 saturated carbocycles. The first-order valence-electron chi connectivity index (χ1n) is 9.54. The van der Waals surface area contributed by atoms with Crippen molar-refractivity contribution < 1.29 is 9.53 Å². The van der Waals surface area contributed by atoms with E-state index in [1.165, 1.54) is 19.0 Å². The standard InChI is InChI=1S/C21H29N3O3/c1-14-7-6-10-24(12-14)13-21(2,3)23-20(26)16-11-22-18-15(19(16)25)8-5-9-17(18)27-4/h5,8-9,11,14H,6-7,10,12-13H2,1-4H3,(H,22,25)(H,23,26).